The van der Waals surface area contributed by atoms with E-state index in [9.17, 15) is 9.90 Å². The maximum absolute atomic E-state index is 11.9. The Kier molecular flexibility index (Phi) is 6.86. The Bertz CT molecular complexity index is 490. The zero-order valence-electron chi connectivity index (χ0n) is 14.1. The fourth-order valence-electron chi connectivity index (χ4n) is 2.93. The van der Waals surface area contributed by atoms with Gasteiger partial charge < -0.3 is 15.2 Å². The molecule has 0 aliphatic carbocycles. The van der Waals surface area contributed by atoms with Crippen LogP contribution in [0.4, 0.5) is 0 Å². The van der Waals surface area contributed by atoms with Crippen LogP contribution in [0, 0.1) is 12.8 Å². The van der Waals surface area contributed by atoms with Gasteiger partial charge in [-0.05, 0) is 45.4 Å². The van der Waals surface area contributed by atoms with Crippen LogP contribution in [0.25, 0.3) is 0 Å². The fourth-order valence-corrected chi connectivity index (χ4v) is 2.93. The summed E-state index contributed by atoms with van der Waals surface area (Å²) in [7, 11) is 0. The second-order valence-electron chi connectivity index (χ2n) is 6.27. The highest BCUT2D eigenvalue weighted by Gasteiger charge is 2.26. The van der Waals surface area contributed by atoms with E-state index in [0.29, 0.717) is 19.6 Å². The lowest BCUT2D eigenvalue weighted by Gasteiger charge is -2.33. The summed E-state index contributed by atoms with van der Waals surface area (Å²) in [4.78, 5) is 14.1. The molecular weight excluding hydrogens is 292 g/mol. The van der Waals surface area contributed by atoms with Gasteiger partial charge in [0.05, 0.1) is 5.92 Å². The minimum atomic E-state index is -0.552. The number of ether oxygens (including phenoxy) is 1. The molecule has 1 saturated heterocycles. The Morgan fingerprint density at radius 2 is 2.17 bits per heavy atom. The minimum absolute atomic E-state index is 0.0360. The number of nitrogens with zero attached hydrogens (tertiary/aromatic N) is 1. The number of carbonyl (C=O) groups excluding carboxylic acids is 1. The fraction of sp³-hybridized carbons (Fsp3) is 0.611. The SMILES string of the molecule is CCNC(=O)C1CCCN(CC(O)COc2ccc(C)cc2)C1. The summed E-state index contributed by atoms with van der Waals surface area (Å²) in [5.74, 6) is 0.935. The normalized spacial score (nSPS) is 20.0. The zero-order valence-corrected chi connectivity index (χ0v) is 14.1. The van der Waals surface area contributed by atoms with Gasteiger partial charge in [-0.25, -0.2) is 0 Å². The van der Waals surface area contributed by atoms with Crippen molar-refractivity contribution in [3.05, 3.63) is 29.8 Å². The van der Waals surface area contributed by atoms with Crippen molar-refractivity contribution >= 4 is 5.91 Å². The second-order valence-corrected chi connectivity index (χ2v) is 6.27. The molecule has 1 fully saturated rings. The van der Waals surface area contributed by atoms with Gasteiger partial charge in [0.15, 0.2) is 0 Å². The van der Waals surface area contributed by atoms with Crippen LogP contribution in [0.2, 0.25) is 0 Å². The first-order chi connectivity index (χ1) is 11.1. The van der Waals surface area contributed by atoms with Crippen molar-refractivity contribution in [3.63, 3.8) is 0 Å². The van der Waals surface area contributed by atoms with E-state index in [-0.39, 0.29) is 18.4 Å². The summed E-state index contributed by atoms with van der Waals surface area (Å²) >= 11 is 0. The number of benzene rings is 1. The van der Waals surface area contributed by atoms with E-state index in [1.165, 1.54) is 5.56 Å². The van der Waals surface area contributed by atoms with Crippen molar-refractivity contribution in [2.45, 2.75) is 32.8 Å². The van der Waals surface area contributed by atoms with Gasteiger partial charge in [-0.1, -0.05) is 17.7 Å². The Morgan fingerprint density at radius 1 is 1.43 bits per heavy atom. The Morgan fingerprint density at radius 3 is 2.87 bits per heavy atom. The highest BCUT2D eigenvalue weighted by atomic mass is 16.5. The second kappa shape index (κ2) is 8.89. The number of β-amino-alcohol motifs (C(OH)–C–C–N with tert-alkyl or cyclic N) is 1. The van der Waals surface area contributed by atoms with Crippen molar-refractivity contribution in [3.8, 4) is 5.75 Å². The average molecular weight is 320 g/mol. The topological polar surface area (TPSA) is 61.8 Å². The molecule has 0 spiro atoms. The van der Waals surface area contributed by atoms with Crippen molar-refractivity contribution < 1.29 is 14.6 Å². The zero-order chi connectivity index (χ0) is 16.7. The largest absolute Gasteiger partial charge is 0.491 e. The summed E-state index contributed by atoms with van der Waals surface area (Å²) in [5, 5.41) is 13.1. The molecule has 1 heterocycles. The Balaban J connectivity index is 1.74. The number of rotatable bonds is 7. The molecule has 1 aliphatic heterocycles. The average Bonchev–Trinajstić information content (AvgIpc) is 2.55. The first kappa shape index (κ1) is 17.8. The summed E-state index contributed by atoms with van der Waals surface area (Å²) in [5.41, 5.74) is 1.18. The predicted molar refractivity (Wildman–Crippen MR) is 90.5 cm³/mol. The van der Waals surface area contributed by atoms with Crippen LogP contribution < -0.4 is 10.1 Å². The van der Waals surface area contributed by atoms with Gasteiger partial charge in [-0.3, -0.25) is 9.69 Å². The number of aliphatic hydroxyl groups is 1. The van der Waals surface area contributed by atoms with Crippen molar-refractivity contribution in [2.24, 2.45) is 5.92 Å². The third-order valence-corrected chi connectivity index (χ3v) is 4.16. The van der Waals surface area contributed by atoms with Gasteiger partial charge in [0, 0.05) is 19.6 Å². The maximum Gasteiger partial charge on any atom is 0.224 e. The van der Waals surface area contributed by atoms with Crippen LogP contribution in [0.5, 0.6) is 5.75 Å². The summed E-state index contributed by atoms with van der Waals surface area (Å²) in [6.45, 7) is 7.09. The number of hydrogen-bond donors (Lipinski definition) is 2. The first-order valence-corrected chi connectivity index (χ1v) is 8.46. The molecule has 0 aromatic heterocycles. The Labute approximate surface area is 138 Å². The number of piperidine rings is 1. The molecule has 1 aromatic rings. The number of aryl methyl sites for hydroxylation is 1. The number of amides is 1. The molecule has 1 amide bonds. The highest BCUT2D eigenvalue weighted by molar-refractivity contribution is 5.78. The van der Waals surface area contributed by atoms with E-state index < -0.39 is 6.10 Å². The molecular formula is C18H28N2O3. The van der Waals surface area contributed by atoms with Gasteiger partial charge in [-0.15, -0.1) is 0 Å². The molecule has 0 bridgehead atoms. The number of hydrogen-bond acceptors (Lipinski definition) is 4. The predicted octanol–water partition coefficient (Wildman–Crippen LogP) is 1.58. The lowest BCUT2D eigenvalue weighted by atomic mass is 9.97. The van der Waals surface area contributed by atoms with E-state index in [4.69, 9.17) is 4.74 Å². The number of likely N-dealkylation sites (tertiary alicyclic amines) is 1. The monoisotopic (exact) mass is 320 g/mol. The summed E-state index contributed by atoms with van der Waals surface area (Å²) in [6, 6.07) is 7.80. The quantitative estimate of drug-likeness (QED) is 0.801. The van der Waals surface area contributed by atoms with Gasteiger partial charge in [0.2, 0.25) is 5.91 Å². The molecule has 2 N–H and O–H groups in total. The van der Waals surface area contributed by atoms with E-state index >= 15 is 0 Å². The molecule has 1 aromatic carbocycles. The maximum atomic E-state index is 11.9. The molecule has 2 rings (SSSR count). The highest BCUT2D eigenvalue weighted by Crippen LogP contribution is 2.17. The van der Waals surface area contributed by atoms with Gasteiger partial charge in [0.1, 0.15) is 18.5 Å². The van der Waals surface area contributed by atoms with Crippen LogP contribution >= 0.6 is 0 Å². The molecule has 5 heteroatoms. The van der Waals surface area contributed by atoms with Crippen LogP contribution in [-0.4, -0.2) is 54.8 Å². The number of nitrogens with one attached hydrogen (secondary N) is 1. The van der Waals surface area contributed by atoms with Gasteiger partial charge >= 0.3 is 0 Å². The van der Waals surface area contributed by atoms with Gasteiger partial charge in [0.25, 0.3) is 0 Å². The number of aliphatic hydroxyl groups excluding tert-OH is 1. The van der Waals surface area contributed by atoms with E-state index in [1.807, 2.05) is 38.1 Å². The van der Waals surface area contributed by atoms with Crippen LogP contribution in [0.15, 0.2) is 24.3 Å². The van der Waals surface area contributed by atoms with Crippen molar-refractivity contribution in [2.75, 3.05) is 32.8 Å². The van der Waals surface area contributed by atoms with Crippen LogP contribution in [0.1, 0.15) is 25.3 Å². The lowest BCUT2D eigenvalue weighted by Crippen LogP contribution is -2.46. The molecule has 0 radical (unpaired) electrons. The lowest BCUT2D eigenvalue weighted by molar-refractivity contribution is -0.126. The number of carbonyl (C=O) groups is 1. The molecule has 1 aliphatic rings. The van der Waals surface area contributed by atoms with E-state index in [1.54, 1.807) is 0 Å². The molecule has 0 saturated carbocycles. The van der Waals surface area contributed by atoms with Crippen LogP contribution in [0.3, 0.4) is 0 Å². The summed E-state index contributed by atoms with van der Waals surface area (Å²) < 4.78 is 5.62. The Hall–Kier alpha value is -1.59. The third-order valence-electron chi connectivity index (χ3n) is 4.16. The van der Waals surface area contributed by atoms with Crippen molar-refractivity contribution in [1.29, 1.82) is 0 Å². The summed E-state index contributed by atoms with van der Waals surface area (Å²) in [6.07, 6.45) is 1.37. The first-order valence-electron chi connectivity index (χ1n) is 8.46. The molecule has 2 unspecified atom stereocenters. The molecule has 2 atom stereocenters. The third kappa shape index (κ3) is 5.84. The molecule has 23 heavy (non-hydrogen) atoms. The molecule has 128 valence electrons. The molecule has 5 nitrogen and oxygen atoms in total. The van der Waals surface area contributed by atoms with E-state index in [2.05, 4.69) is 10.2 Å². The van der Waals surface area contributed by atoms with Gasteiger partial charge in [-0.2, -0.15) is 0 Å². The van der Waals surface area contributed by atoms with Crippen LogP contribution in [-0.2, 0) is 4.79 Å². The standard InChI is InChI=1S/C18H28N2O3/c1-3-19-18(22)15-5-4-10-20(11-15)12-16(21)13-23-17-8-6-14(2)7-9-17/h6-9,15-16,21H,3-5,10-13H2,1-2H3,(H,19,22). The van der Waals surface area contributed by atoms with Crippen molar-refractivity contribution in [1.82, 2.24) is 10.2 Å². The minimum Gasteiger partial charge on any atom is -0.491 e. The van der Waals surface area contributed by atoms with E-state index in [0.717, 1.165) is 25.1 Å². The smallest absolute Gasteiger partial charge is 0.224 e.